The molecule has 1 aromatic carbocycles. The Bertz CT molecular complexity index is 709. The number of rotatable bonds is 4. The van der Waals surface area contributed by atoms with Crippen LogP contribution in [-0.4, -0.2) is 17.7 Å². The minimum Gasteiger partial charge on any atom is -0.366 e. The van der Waals surface area contributed by atoms with Gasteiger partial charge in [-0.05, 0) is 29.6 Å². The molecule has 0 aliphatic rings. The van der Waals surface area contributed by atoms with Crippen molar-refractivity contribution in [2.24, 2.45) is 5.73 Å². The van der Waals surface area contributed by atoms with Gasteiger partial charge in [0.1, 0.15) is 5.00 Å². The Balaban J connectivity index is 2.18. The summed E-state index contributed by atoms with van der Waals surface area (Å²) in [4.78, 5) is 34.4. The fourth-order valence-electron chi connectivity index (χ4n) is 1.72. The predicted octanol–water partition coefficient (Wildman–Crippen LogP) is 2.06. The highest BCUT2D eigenvalue weighted by Crippen LogP contribution is 2.23. The van der Waals surface area contributed by atoms with Crippen molar-refractivity contribution in [1.82, 2.24) is 0 Å². The monoisotopic (exact) mass is 303 g/mol. The highest BCUT2D eigenvalue weighted by Gasteiger charge is 2.14. The molecule has 108 valence electrons. The highest BCUT2D eigenvalue weighted by atomic mass is 32.1. The van der Waals surface area contributed by atoms with Crippen LogP contribution in [0.1, 0.15) is 27.6 Å². The van der Waals surface area contributed by atoms with Crippen LogP contribution < -0.4 is 16.4 Å². The molecule has 7 heteroatoms. The number of thiophene rings is 1. The van der Waals surface area contributed by atoms with Crippen molar-refractivity contribution in [2.75, 3.05) is 10.6 Å². The number of amides is 3. The Hall–Kier alpha value is -2.67. The van der Waals surface area contributed by atoms with E-state index in [0.717, 1.165) is 0 Å². The third-order valence-electron chi connectivity index (χ3n) is 2.60. The van der Waals surface area contributed by atoms with Gasteiger partial charge in [0.2, 0.25) is 5.91 Å². The molecule has 4 N–H and O–H groups in total. The fraction of sp³-hybridized carbons (Fsp3) is 0.0714. The summed E-state index contributed by atoms with van der Waals surface area (Å²) in [5.41, 5.74) is 6.38. The molecule has 0 radical (unpaired) electrons. The summed E-state index contributed by atoms with van der Waals surface area (Å²) in [6.45, 7) is 1.39. The second-order valence-electron chi connectivity index (χ2n) is 4.24. The van der Waals surface area contributed by atoms with E-state index < -0.39 is 5.91 Å². The molecule has 1 heterocycles. The van der Waals surface area contributed by atoms with E-state index in [2.05, 4.69) is 10.6 Å². The van der Waals surface area contributed by atoms with E-state index in [1.54, 1.807) is 35.7 Å². The van der Waals surface area contributed by atoms with Gasteiger partial charge in [0, 0.05) is 18.2 Å². The van der Waals surface area contributed by atoms with Crippen LogP contribution in [0.25, 0.3) is 0 Å². The minimum atomic E-state index is -0.599. The third-order valence-corrected chi connectivity index (χ3v) is 3.43. The summed E-state index contributed by atoms with van der Waals surface area (Å²) in [5.74, 6) is -1.20. The van der Waals surface area contributed by atoms with Gasteiger partial charge < -0.3 is 16.4 Å². The summed E-state index contributed by atoms with van der Waals surface area (Å²) < 4.78 is 0. The van der Waals surface area contributed by atoms with E-state index in [-0.39, 0.29) is 17.4 Å². The van der Waals surface area contributed by atoms with Crippen LogP contribution in [0.15, 0.2) is 35.7 Å². The van der Waals surface area contributed by atoms with Crippen LogP contribution >= 0.6 is 11.3 Å². The first kappa shape index (κ1) is 14.7. The van der Waals surface area contributed by atoms with Crippen molar-refractivity contribution >= 4 is 39.7 Å². The lowest BCUT2D eigenvalue weighted by molar-refractivity contribution is -0.114. The molecule has 0 aliphatic heterocycles. The average molecular weight is 303 g/mol. The molecule has 0 unspecified atom stereocenters. The number of anilines is 2. The summed E-state index contributed by atoms with van der Waals surface area (Å²) >= 11 is 1.21. The first-order valence-electron chi connectivity index (χ1n) is 6.03. The van der Waals surface area contributed by atoms with Crippen LogP contribution in [0.3, 0.4) is 0 Å². The minimum absolute atomic E-state index is 0.221. The number of nitrogens with two attached hydrogens (primary N) is 1. The molecule has 21 heavy (non-hydrogen) atoms. The second kappa shape index (κ2) is 6.19. The lowest BCUT2D eigenvalue weighted by atomic mass is 10.2. The SMILES string of the molecule is CC(=O)Nc1cccc(C(=O)Nc2sccc2C(N)=O)c1. The first-order chi connectivity index (χ1) is 9.97. The Labute approximate surface area is 125 Å². The van der Waals surface area contributed by atoms with Crippen molar-refractivity contribution in [3.63, 3.8) is 0 Å². The zero-order valence-corrected chi connectivity index (χ0v) is 12.0. The second-order valence-corrected chi connectivity index (χ2v) is 5.16. The van der Waals surface area contributed by atoms with Crippen LogP contribution in [0.4, 0.5) is 10.7 Å². The van der Waals surface area contributed by atoms with Gasteiger partial charge in [0.15, 0.2) is 0 Å². The summed E-state index contributed by atoms with van der Waals surface area (Å²) in [6, 6.07) is 8.05. The van der Waals surface area contributed by atoms with Crippen LogP contribution in [0, 0.1) is 0 Å². The third kappa shape index (κ3) is 3.67. The number of hydrogen-bond donors (Lipinski definition) is 3. The maximum absolute atomic E-state index is 12.2. The lowest BCUT2D eigenvalue weighted by Crippen LogP contribution is -2.16. The molecule has 0 bridgehead atoms. The normalized spacial score (nSPS) is 9.95. The van der Waals surface area contributed by atoms with Gasteiger partial charge in [0.05, 0.1) is 5.56 Å². The number of primary amides is 1. The average Bonchev–Trinajstić information content (AvgIpc) is 2.86. The lowest BCUT2D eigenvalue weighted by Gasteiger charge is -2.07. The van der Waals surface area contributed by atoms with Gasteiger partial charge in [-0.25, -0.2) is 0 Å². The number of carbonyl (C=O) groups is 3. The largest absolute Gasteiger partial charge is 0.366 e. The van der Waals surface area contributed by atoms with Crippen LogP contribution in [-0.2, 0) is 4.79 Å². The van der Waals surface area contributed by atoms with E-state index in [9.17, 15) is 14.4 Å². The van der Waals surface area contributed by atoms with Gasteiger partial charge in [-0.3, -0.25) is 14.4 Å². The first-order valence-corrected chi connectivity index (χ1v) is 6.91. The predicted molar refractivity (Wildman–Crippen MR) is 81.5 cm³/mol. The van der Waals surface area contributed by atoms with Crippen molar-refractivity contribution in [1.29, 1.82) is 0 Å². The molecule has 2 aromatic rings. The summed E-state index contributed by atoms with van der Waals surface area (Å²) in [6.07, 6.45) is 0. The smallest absolute Gasteiger partial charge is 0.256 e. The number of nitrogens with one attached hydrogen (secondary N) is 2. The molecule has 0 fully saturated rings. The zero-order chi connectivity index (χ0) is 15.4. The van der Waals surface area contributed by atoms with Crippen molar-refractivity contribution < 1.29 is 14.4 Å². The zero-order valence-electron chi connectivity index (χ0n) is 11.2. The van der Waals surface area contributed by atoms with E-state index in [4.69, 9.17) is 5.73 Å². The Morgan fingerprint density at radius 1 is 1.14 bits per heavy atom. The van der Waals surface area contributed by atoms with E-state index in [1.165, 1.54) is 18.3 Å². The van der Waals surface area contributed by atoms with Gasteiger partial charge in [-0.1, -0.05) is 6.07 Å². The Kier molecular flexibility index (Phi) is 4.34. The van der Waals surface area contributed by atoms with E-state index >= 15 is 0 Å². The molecular weight excluding hydrogens is 290 g/mol. The Morgan fingerprint density at radius 2 is 1.90 bits per heavy atom. The maximum atomic E-state index is 12.2. The van der Waals surface area contributed by atoms with E-state index in [1.807, 2.05) is 0 Å². The van der Waals surface area contributed by atoms with Crippen molar-refractivity contribution in [3.05, 3.63) is 46.8 Å². The van der Waals surface area contributed by atoms with Gasteiger partial charge in [-0.2, -0.15) is 0 Å². The fourth-order valence-corrected chi connectivity index (χ4v) is 2.50. The molecule has 3 amide bonds. The molecule has 6 nitrogen and oxygen atoms in total. The number of carbonyl (C=O) groups excluding carboxylic acids is 3. The molecule has 1 aromatic heterocycles. The molecule has 0 atom stereocenters. The van der Waals surface area contributed by atoms with Crippen molar-refractivity contribution in [3.8, 4) is 0 Å². The van der Waals surface area contributed by atoms with Crippen molar-refractivity contribution in [2.45, 2.75) is 6.92 Å². The van der Waals surface area contributed by atoms with Gasteiger partial charge in [0.25, 0.3) is 11.8 Å². The number of benzene rings is 1. The Morgan fingerprint density at radius 3 is 2.57 bits per heavy atom. The van der Waals surface area contributed by atoms with Gasteiger partial charge >= 0.3 is 0 Å². The quantitative estimate of drug-likeness (QED) is 0.805. The molecule has 0 saturated heterocycles. The summed E-state index contributed by atoms with van der Waals surface area (Å²) in [5, 5.41) is 7.30. The van der Waals surface area contributed by atoms with Crippen LogP contribution in [0.2, 0.25) is 0 Å². The van der Waals surface area contributed by atoms with Crippen LogP contribution in [0.5, 0.6) is 0 Å². The molecule has 0 saturated carbocycles. The standard InChI is InChI=1S/C14H13N3O3S/c1-8(18)16-10-4-2-3-9(7-10)13(20)17-14-11(12(15)19)5-6-21-14/h2-7H,1H3,(H2,15,19)(H,16,18)(H,17,20). The topological polar surface area (TPSA) is 101 Å². The maximum Gasteiger partial charge on any atom is 0.256 e. The molecular formula is C14H13N3O3S. The molecule has 2 rings (SSSR count). The van der Waals surface area contributed by atoms with E-state index in [0.29, 0.717) is 16.3 Å². The molecule has 0 aliphatic carbocycles. The number of hydrogen-bond acceptors (Lipinski definition) is 4. The summed E-state index contributed by atoms with van der Waals surface area (Å²) in [7, 11) is 0. The van der Waals surface area contributed by atoms with Gasteiger partial charge in [-0.15, -0.1) is 11.3 Å². The molecule has 0 spiro atoms. The highest BCUT2D eigenvalue weighted by molar-refractivity contribution is 7.14.